The molecule has 1 aliphatic rings. The molecule has 1 aromatic heterocycles. The van der Waals surface area contributed by atoms with E-state index < -0.39 is 0 Å². The van der Waals surface area contributed by atoms with Gasteiger partial charge in [-0.2, -0.15) is 4.98 Å². The average molecular weight is 385 g/mol. The lowest BCUT2D eigenvalue weighted by Crippen LogP contribution is -2.31. The smallest absolute Gasteiger partial charge is 0.229 e. The average Bonchev–Trinajstić information content (AvgIpc) is 2.61. The summed E-state index contributed by atoms with van der Waals surface area (Å²) in [4.78, 5) is 11.5. The first-order valence-corrected chi connectivity index (χ1v) is 9.23. The number of halogens is 2. The van der Waals surface area contributed by atoms with Crippen molar-refractivity contribution in [2.24, 2.45) is 0 Å². The van der Waals surface area contributed by atoms with Crippen molar-refractivity contribution >= 4 is 40.7 Å². The van der Waals surface area contributed by atoms with Gasteiger partial charge < -0.3 is 10.2 Å². The third-order valence-corrected chi connectivity index (χ3v) is 4.90. The number of hydrogen-bond acceptors (Lipinski definition) is 4. The normalized spacial score (nSPS) is 13.4. The molecule has 0 radical (unpaired) electrons. The summed E-state index contributed by atoms with van der Waals surface area (Å²) in [5.74, 6) is 1.49. The Balaban J connectivity index is 1.59. The molecule has 132 valence electrons. The molecule has 0 aliphatic carbocycles. The maximum absolute atomic E-state index is 6.11. The monoisotopic (exact) mass is 384 g/mol. The number of anilines is 3. The molecule has 3 aromatic rings. The predicted molar refractivity (Wildman–Crippen MR) is 108 cm³/mol. The molecule has 0 saturated heterocycles. The van der Waals surface area contributed by atoms with E-state index in [1.165, 1.54) is 11.1 Å². The second-order valence-corrected chi connectivity index (χ2v) is 7.28. The molecular weight excluding hydrogens is 367 g/mol. The molecule has 0 atom stereocenters. The van der Waals surface area contributed by atoms with E-state index in [1.54, 1.807) is 0 Å². The zero-order chi connectivity index (χ0) is 18.1. The van der Waals surface area contributed by atoms with Crippen LogP contribution < -0.4 is 10.2 Å². The van der Waals surface area contributed by atoms with E-state index in [0.29, 0.717) is 11.0 Å². The van der Waals surface area contributed by atoms with Crippen molar-refractivity contribution in [3.63, 3.8) is 0 Å². The number of benzene rings is 2. The van der Waals surface area contributed by atoms with E-state index in [4.69, 9.17) is 28.2 Å². The van der Waals surface area contributed by atoms with Gasteiger partial charge in [-0.25, -0.2) is 4.98 Å². The first-order valence-electron chi connectivity index (χ1n) is 8.47. The topological polar surface area (TPSA) is 41.1 Å². The highest BCUT2D eigenvalue weighted by Gasteiger charge is 2.18. The maximum atomic E-state index is 6.11. The van der Waals surface area contributed by atoms with Gasteiger partial charge in [0.2, 0.25) is 5.95 Å². The first-order chi connectivity index (χ1) is 12.6. The summed E-state index contributed by atoms with van der Waals surface area (Å²) < 4.78 is 0. The number of nitrogens with zero attached hydrogens (tertiary/aromatic N) is 3. The Bertz CT molecular complexity index is 958. The van der Waals surface area contributed by atoms with Crippen LogP contribution in [0.5, 0.6) is 0 Å². The Labute approximate surface area is 162 Å². The fourth-order valence-corrected chi connectivity index (χ4v) is 3.57. The summed E-state index contributed by atoms with van der Waals surface area (Å²) in [6.45, 7) is 3.70. The molecule has 2 aromatic carbocycles. The minimum Gasteiger partial charge on any atom is -0.352 e. The lowest BCUT2D eigenvalue weighted by atomic mass is 10.00. The van der Waals surface area contributed by atoms with Crippen LogP contribution in [0.15, 0.2) is 48.5 Å². The fraction of sp³-hybridized carbons (Fsp3) is 0.200. The highest BCUT2D eigenvalue weighted by atomic mass is 35.5. The van der Waals surface area contributed by atoms with Crippen molar-refractivity contribution in [3.8, 4) is 0 Å². The third-order valence-electron chi connectivity index (χ3n) is 4.43. The summed E-state index contributed by atoms with van der Waals surface area (Å²) >= 11 is 12.2. The van der Waals surface area contributed by atoms with Crippen LogP contribution in [0, 0.1) is 6.92 Å². The molecular formula is C20H18Cl2N4. The van der Waals surface area contributed by atoms with Crippen molar-refractivity contribution in [2.45, 2.75) is 19.9 Å². The molecule has 4 nitrogen and oxygen atoms in total. The van der Waals surface area contributed by atoms with Gasteiger partial charge >= 0.3 is 0 Å². The maximum Gasteiger partial charge on any atom is 0.229 e. The summed E-state index contributed by atoms with van der Waals surface area (Å²) in [6.07, 6.45) is 0.954. The van der Waals surface area contributed by atoms with Gasteiger partial charge in [-0.3, -0.25) is 0 Å². The van der Waals surface area contributed by atoms with Gasteiger partial charge in [0, 0.05) is 40.6 Å². The molecule has 26 heavy (non-hydrogen) atoms. The van der Waals surface area contributed by atoms with E-state index in [1.807, 2.05) is 43.3 Å². The van der Waals surface area contributed by atoms with Gasteiger partial charge in [-0.15, -0.1) is 0 Å². The minimum atomic E-state index is 0.573. The van der Waals surface area contributed by atoms with Crippen LogP contribution in [-0.4, -0.2) is 16.5 Å². The molecule has 4 rings (SSSR count). The summed E-state index contributed by atoms with van der Waals surface area (Å²) in [7, 11) is 0. The van der Waals surface area contributed by atoms with Gasteiger partial charge in [-0.1, -0.05) is 35.3 Å². The van der Waals surface area contributed by atoms with E-state index in [-0.39, 0.29) is 0 Å². The van der Waals surface area contributed by atoms with Gasteiger partial charge in [-0.05, 0) is 54.8 Å². The van der Waals surface area contributed by atoms with Crippen LogP contribution in [0.4, 0.5) is 17.5 Å². The van der Waals surface area contributed by atoms with Crippen LogP contribution in [0.25, 0.3) is 0 Å². The lowest BCUT2D eigenvalue weighted by molar-refractivity contribution is 0.719. The van der Waals surface area contributed by atoms with Gasteiger partial charge in [0.25, 0.3) is 0 Å². The summed E-state index contributed by atoms with van der Waals surface area (Å²) in [5, 5.41) is 4.71. The number of rotatable bonds is 3. The van der Waals surface area contributed by atoms with Gasteiger partial charge in [0.15, 0.2) is 0 Å². The Kier molecular flexibility index (Phi) is 4.70. The van der Waals surface area contributed by atoms with Crippen molar-refractivity contribution in [2.75, 3.05) is 16.8 Å². The SMILES string of the molecule is Cc1cc(N2CCc3cc(Cl)ccc3C2)nc(Nc2cccc(Cl)c2)n1. The van der Waals surface area contributed by atoms with E-state index in [2.05, 4.69) is 27.3 Å². The van der Waals surface area contributed by atoms with E-state index >= 15 is 0 Å². The van der Waals surface area contributed by atoms with Crippen molar-refractivity contribution in [1.82, 2.24) is 9.97 Å². The van der Waals surface area contributed by atoms with Crippen LogP contribution in [0.3, 0.4) is 0 Å². The van der Waals surface area contributed by atoms with E-state index in [9.17, 15) is 0 Å². The Morgan fingerprint density at radius 3 is 2.65 bits per heavy atom. The molecule has 6 heteroatoms. The summed E-state index contributed by atoms with van der Waals surface area (Å²) in [6, 6.07) is 15.7. The molecule has 1 aliphatic heterocycles. The second-order valence-electron chi connectivity index (χ2n) is 6.41. The molecule has 0 spiro atoms. The predicted octanol–water partition coefficient (Wildman–Crippen LogP) is 5.40. The highest BCUT2D eigenvalue weighted by Crippen LogP contribution is 2.27. The minimum absolute atomic E-state index is 0.573. The number of nitrogens with one attached hydrogen (secondary N) is 1. The Hall–Kier alpha value is -2.30. The zero-order valence-electron chi connectivity index (χ0n) is 14.3. The Morgan fingerprint density at radius 1 is 0.962 bits per heavy atom. The fourth-order valence-electron chi connectivity index (χ4n) is 3.18. The zero-order valence-corrected chi connectivity index (χ0v) is 15.8. The van der Waals surface area contributed by atoms with Crippen molar-refractivity contribution < 1.29 is 0 Å². The van der Waals surface area contributed by atoms with Crippen molar-refractivity contribution in [3.05, 3.63) is 75.4 Å². The Morgan fingerprint density at radius 2 is 1.81 bits per heavy atom. The molecule has 0 bridgehead atoms. The largest absolute Gasteiger partial charge is 0.352 e. The molecule has 0 unspecified atom stereocenters. The molecule has 0 amide bonds. The molecule has 2 heterocycles. The number of aryl methyl sites for hydroxylation is 1. The highest BCUT2D eigenvalue weighted by molar-refractivity contribution is 6.31. The number of aromatic nitrogens is 2. The van der Waals surface area contributed by atoms with Crippen LogP contribution in [0.1, 0.15) is 16.8 Å². The van der Waals surface area contributed by atoms with Crippen LogP contribution in [-0.2, 0) is 13.0 Å². The van der Waals surface area contributed by atoms with Gasteiger partial charge in [0.1, 0.15) is 5.82 Å². The lowest BCUT2D eigenvalue weighted by Gasteiger charge is -2.30. The van der Waals surface area contributed by atoms with Crippen molar-refractivity contribution in [1.29, 1.82) is 0 Å². The van der Waals surface area contributed by atoms with Gasteiger partial charge in [0.05, 0.1) is 0 Å². The molecule has 1 N–H and O–H groups in total. The van der Waals surface area contributed by atoms with Crippen LogP contribution >= 0.6 is 23.2 Å². The number of fused-ring (bicyclic) bond motifs is 1. The molecule has 0 saturated carbocycles. The quantitative estimate of drug-likeness (QED) is 0.656. The third kappa shape index (κ3) is 3.76. The summed E-state index contributed by atoms with van der Waals surface area (Å²) in [5.41, 5.74) is 4.40. The standard InChI is InChI=1S/C20H18Cl2N4/c1-13-9-19(25-20(23-13)24-18-4-2-3-16(21)11-18)26-8-7-14-10-17(22)6-5-15(14)12-26/h2-6,9-11H,7-8,12H2,1H3,(H,23,24,25). The molecule has 0 fully saturated rings. The number of hydrogen-bond donors (Lipinski definition) is 1. The van der Waals surface area contributed by atoms with Crippen LogP contribution in [0.2, 0.25) is 10.0 Å². The van der Waals surface area contributed by atoms with E-state index in [0.717, 1.165) is 41.7 Å². The first kappa shape index (κ1) is 17.1. The second kappa shape index (κ2) is 7.14.